The summed E-state index contributed by atoms with van der Waals surface area (Å²) in [6.07, 6.45) is 0. The number of halogens is 3. The Bertz CT molecular complexity index is 1080. The molecule has 13 heteroatoms. The van der Waals surface area contributed by atoms with Crippen LogP contribution in [-0.4, -0.2) is 68.3 Å². The SMILES string of the molecule is COC(=O)c1csc(S(=O)(=O)N2CCN(C(=O)c3ccccc3SC(F)(F)F)CC2)c1. The number of hydrogen-bond donors (Lipinski definition) is 0. The van der Waals surface area contributed by atoms with Gasteiger partial charge in [0.2, 0.25) is 0 Å². The summed E-state index contributed by atoms with van der Waals surface area (Å²) in [5, 5.41) is 1.38. The topological polar surface area (TPSA) is 84.0 Å². The Morgan fingerprint density at radius 2 is 1.77 bits per heavy atom. The van der Waals surface area contributed by atoms with Crippen LogP contribution in [0.15, 0.2) is 44.8 Å². The molecule has 0 radical (unpaired) electrons. The summed E-state index contributed by atoms with van der Waals surface area (Å²) < 4.78 is 69.7. The van der Waals surface area contributed by atoms with Crippen LogP contribution >= 0.6 is 23.1 Å². The molecule has 7 nitrogen and oxygen atoms in total. The fraction of sp³-hybridized carbons (Fsp3) is 0.333. The molecule has 2 aromatic rings. The first kappa shape index (κ1) is 23.6. The lowest BCUT2D eigenvalue weighted by atomic mass is 10.2. The van der Waals surface area contributed by atoms with Gasteiger partial charge in [0.05, 0.1) is 18.2 Å². The minimum absolute atomic E-state index is 0.0197. The van der Waals surface area contributed by atoms with Crippen molar-refractivity contribution in [3.05, 3.63) is 46.8 Å². The molecule has 31 heavy (non-hydrogen) atoms. The number of piperazine rings is 1. The third-order valence-corrected chi connectivity index (χ3v) is 8.58. The van der Waals surface area contributed by atoms with E-state index in [9.17, 15) is 31.2 Å². The van der Waals surface area contributed by atoms with Gasteiger partial charge in [0.15, 0.2) is 0 Å². The minimum atomic E-state index is -4.53. The maximum absolute atomic E-state index is 12.8. The molecule has 0 spiro atoms. The zero-order valence-corrected chi connectivity index (χ0v) is 18.5. The highest BCUT2D eigenvalue weighted by Crippen LogP contribution is 2.38. The first-order chi connectivity index (χ1) is 14.5. The lowest BCUT2D eigenvalue weighted by Crippen LogP contribution is -2.50. The molecule has 1 fully saturated rings. The van der Waals surface area contributed by atoms with Gasteiger partial charge < -0.3 is 9.64 Å². The molecule has 2 heterocycles. The number of alkyl halides is 3. The smallest absolute Gasteiger partial charge is 0.446 e. The highest BCUT2D eigenvalue weighted by atomic mass is 32.2. The summed E-state index contributed by atoms with van der Waals surface area (Å²) in [4.78, 5) is 25.5. The van der Waals surface area contributed by atoms with E-state index in [2.05, 4.69) is 4.74 Å². The molecule has 1 aromatic carbocycles. The van der Waals surface area contributed by atoms with Crippen LogP contribution in [0.4, 0.5) is 13.2 Å². The molecule has 1 amide bonds. The third kappa shape index (κ3) is 5.40. The summed E-state index contributed by atoms with van der Waals surface area (Å²) in [6.45, 7) is 0.0128. The Hall–Kier alpha value is -2.09. The summed E-state index contributed by atoms with van der Waals surface area (Å²) in [5.41, 5.74) is -4.49. The van der Waals surface area contributed by atoms with Crippen LogP contribution in [0.2, 0.25) is 0 Å². The molecular weight excluding hydrogens is 477 g/mol. The largest absolute Gasteiger partial charge is 0.465 e. The summed E-state index contributed by atoms with van der Waals surface area (Å²) in [5.74, 6) is -1.24. The van der Waals surface area contributed by atoms with Crippen LogP contribution in [-0.2, 0) is 14.8 Å². The molecule has 0 bridgehead atoms. The molecule has 1 saturated heterocycles. The average Bonchev–Trinajstić information content (AvgIpc) is 3.23. The van der Waals surface area contributed by atoms with E-state index >= 15 is 0 Å². The van der Waals surface area contributed by atoms with Gasteiger partial charge in [0.25, 0.3) is 15.9 Å². The second kappa shape index (κ2) is 9.18. The van der Waals surface area contributed by atoms with E-state index in [4.69, 9.17) is 0 Å². The number of benzene rings is 1. The number of ether oxygens (including phenoxy) is 1. The molecule has 0 N–H and O–H groups in total. The number of sulfonamides is 1. The van der Waals surface area contributed by atoms with Crippen molar-refractivity contribution in [2.24, 2.45) is 0 Å². The predicted molar refractivity (Wildman–Crippen MR) is 109 cm³/mol. The average molecular weight is 495 g/mol. The van der Waals surface area contributed by atoms with Gasteiger partial charge in [-0.3, -0.25) is 4.79 Å². The van der Waals surface area contributed by atoms with Gasteiger partial charge in [0.1, 0.15) is 4.21 Å². The van der Waals surface area contributed by atoms with E-state index < -0.39 is 27.4 Å². The zero-order chi connectivity index (χ0) is 22.8. The first-order valence-corrected chi connectivity index (χ1v) is 12.0. The molecule has 3 rings (SSSR count). The number of carbonyl (C=O) groups is 2. The van der Waals surface area contributed by atoms with Crippen LogP contribution in [0, 0.1) is 0 Å². The molecule has 0 aliphatic carbocycles. The van der Waals surface area contributed by atoms with Crippen LogP contribution < -0.4 is 0 Å². The van der Waals surface area contributed by atoms with Gasteiger partial charge in [0, 0.05) is 36.5 Å². The highest BCUT2D eigenvalue weighted by molar-refractivity contribution is 8.00. The van der Waals surface area contributed by atoms with Gasteiger partial charge in [-0.25, -0.2) is 13.2 Å². The van der Waals surface area contributed by atoms with E-state index in [1.807, 2.05) is 0 Å². The van der Waals surface area contributed by atoms with Crippen molar-refractivity contribution in [1.29, 1.82) is 0 Å². The molecule has 1 aromatic heterocycles. The second-order valence-corrected chi connectivity index (χ2v) is 10.6. The number of amides is 1. The molecule has 168 valence electrons. The molecule has 1 aliphatic rings. The Labute approximate surface area is 184 Å². The Morgan fingerprint density at radius 3 is 2.39 bits per heavy atom. The van der Waals surface area contributed by atoms with Gasteiger partial charge in [-0.15, -0.1) is 11.3 Å². The van der Waals surface area contributed by atoms with Gasteiger partial charge in [-0.2, -0.15) is 17.5 Å². The van der Waals surface area contributed by atoms with Crippen molar-refractivity contribution in [3.8, 4) is 0 Å². The Kier molecular flexibility index (Phi) is 6.98. The maximum Gasteiger partial charge on any atom is 0.446 e. The summed E-state index contributed by atoms with van der Waals surface area (Å²) >= 11 is 0.523. The monoisotopic (exact) mass is 494 g/mol. The lowest BCUT2D eigenvalue weighted by molar-refractivity contribution is -0.0328. The second-order valence-electron chi connectivity index (χ2n) is 6.39. The summed E-state index contributed by atoms with van der Waals surface area (Å²) in [6, 6.07) is 6.66. The molecule has 0 atom stereocenters. The quantitative estimate of drug-likeness (QED) is 0.469. The molecular formula is C18H17F3N2O5S3. The normalized spacial score (nSPS) is 15.7. The standard InChI is InChI=1S/C18H17F3N2O5S3/c1-28-17(25)12-10-15(29-11-12)31(26,27)23-8-6-22(7-9-23)16(24)13-4-2-3-5-14(13)30-18(19,20)21/h2-5,10-11H,6-9H2,1H3. The molecule has 0 saturated carbocycles. The molecule has 0 unspecified atom stereocenters. The van der Waals surface area contributed by atoms with Crippen molar-refractivity contribution in [2.75, 3.05) is 33.3 Å². The van der Waals surface area contributed by atoms with E-state index in [0.29, 0.717) is 0 Å². The van der Waals surface area contributed by atoms with Crippen LogP contribution in [0.3, 0.4) is 0 Å². The summed E-state index contributed by atoms with van der Waals surface area (Å²) in [7, 11) is -2.69. The number of methoxy groups -OCH3 is 1. The molecule has 1 aliphatic heterocycles. The Balaban J connectivity index is 1.70. The highest BCUT2D eigenvalue weighted by Gasteiger charge is 2.34. The first-order valence-electron chi connectivity index (χ1n) is 8.84. The predicted octanol–water partition coefficient (Wildman–Crippen LogP) is 3.29. The number of esters is 1. The van der Waals surface area contributed by atoms with Gasteiger partial charge >= 0.3 is 11.5 Å². The van der Waals surface area contributed by atoms with Crippen LogP contribution in [0.25, 0.3) is 0 Å². The van der Waals surface area contributed by atoms with E-state index in [0.717, 1.165) is 11.3 Å². The third-order valence-electron chi connectivity index (χ3n) is 4.46. The van der Waals surface area contributed by atoms with Crippen LogP contribution in [0.1, 0.15) is 20.7 Å². The minimum Gasteiger partial charge on any atom is -0.465 e. The maximum atomic E-state index is 12.8. The number of carbonyl (C=O) groups excluding carboxylic acids is 2. The van der Waals surface area contributed by atoms with E-state index in [1.165, 1.54) is 52.0 Å². The fourth-order valence-electron chi connectivity index (χ4n) is 2.96. The number of nitrogens with zero attached hydrogens (tertiary/aromatic N) is 2. The number of thioether (sulfide) groups is 1. The van der Waals surface area contributed by atoms with Crippen molar-refractivity contribution < 1.29 is 35.9 Å². The number of hydrogen-bond acceptors (Lipinski definition) is 7. The van der Waals surface area contributed by atoms with Crippen molar-refractivity contribution in [2.45, 2.75) is 14.6 Å². The lowest BCUT2D eigenvalue weighted by Gasteiger charge is -2.34. The van der Waals surface area contributed by atoms with Gasteiger partial charge in [-0.05, 0) is 30.0 Å². The van der Waals surface area contributed by atoms with Crippen molar-refractivity contribution >= 4 is 45.0 Å². The van der Waals surface area contributed by atoms with Crippen LogP contribution in [0.5, 0.6) is 0 Å². The van der Waals surface area contributed by atoms with E-state index in [-0.39, 0.29) is 58.2 Å². The van der Waals surface area contributed by atoms with Gasteiger partial charge in [-0.1, -0.05) is 12.1 Å². The zero-order valence-electron chi connectivity index (χ0n) is 16.1. The number of rotatable bonds is 5. The van der Waals surface area contributed by atoms with Crippen molar-refractivity contribution in [1.82, 2.24) is 9.21 Å². The number of thiophene rings is 1. The Morgan fingerprint density at radius 1 is 1.13 bits per heavy atom. The van der Waals surface area contributed by atoms with Crippen molar-refractivity contribution in [3.63, 3.8) is 0 Å². The van der Waals surface area contributed by atoms with E-state index in [1.54, 1.807) is 0 Å². The fourth-order valence-corrected chi connectivity index (χ4v) is 6.35.